The summed E-state index contributed by atoms with van der Waals surface area (Å²) >= 11 is 5.88. The Kier molecular flexibility index (Phi) is 3.69. The molecule has 0 saturated heterocycles. The van der Waals surface area contributed by atoms with Crippen LogP contribution in [0, 0.1) is 10.1 Å². The molecule has 1 aromatic heterocycles. The highest BCUT2D eigenvalue weighted by Crippen LogP contribution is 2.18. The van der Waals surface area contributed by atoms with Gasteiger partial charge >= 0.3 is 0 Å². The van der Waals surface area contributed by atoms with E-state index in [9.17, 15) is 10.1 Å². The lowest BCUT2D eigenvalue weighted by atomic mass is 10.2. The number of anilines is 1. The molecular weight excluding hydrogens is 256 g/mol. The Morgan fingerprint density at radius 3 is 3.00 bits per heavy atom. The van der Waals surface area contributed by atoms with Crippen molar-refractivity contribution in [2.24, 2.45) is 0 Å². The summed E-state index contributed by atoms with van der Waals surface area (Å²) in [7, 11) is 0. The number of hydrogen-bond donors (Lipinski definition) is 1. The fourth-order valence-electron chi connectivity index (χ4n) is 1.41. The molecule has 0 aliphatic carbocycles. The summed E-state index contributed by atoms with van der Waals surface area (Å²) in [6.07, 6.45) is 2.85. The molecule has 0 saturated carbocycles. The zero-order valence-corrected chi connectivity index (χ0v) is 9.96. The Labute approximate surface area is 108 Å². The van der Waals surface area contributed by atoms with E-state index < -0.39 is 4.92 Å². The highest BCUT2D eigenvalue weighted by Gasteiger charge is 2.06. The van der Waals surface area contributed by atoms with Crippen LogP contribution in [0.5, 0.6) is 0 Å². The Morgan fingerprint density at radius 2 is 2.28 bits per heavy atom. The zero-order chi connectivity index (χ0) is 13.0. The maximum atomic E-state index is 10.6. The molecule has 6 nitrogen and oxygen atoms in total. The summed E-state index contributed by atoms with van der Waals surface area (Å²) in [6, 6.07) is 6.37. The second kappa shape index (κ2) is 5.42. The van der Waals surface area contributed by atoms with Crippen LogP contribution >= 0.6 is 11.6 Å². The van der Waals surface area contributed by atoms with Crippen molar-refractivity contribution in [3.8, 4) is 0 Å². The summed E-state index contributed by atoms with van der Waals surface area (Å²) < 4.78 is 0. The van der Waals surface area contributed by atoms with Gasteiger partial charge in [0.1, 0.15) is 17.2 Å². The molecule has 0 bridgehead atoms. The second-order valence-corrected chi connectivity index (χ2v) is 3.91. The number of nitro groups is 1. The van der Waals surface area contributed by atoms with Crippen molar-refractivity contribution in [2.75, 3.05) is 5.32 Å². The van der Waals surface area contributed by atoms with E-state index in [1.807, 2.05) is 0 Å². The van der Waals surface area contributed by atoms with Crippen LogP contribution in [0.15, 0.2) is 36.8 Å². The van der Waals surface area contributed by atoms with E-state index in [2.05, 4.69) is 15.3 Å². The Balaban J connectivity index is 2.09. The summed E-state index contributed by atoms with van der Waals surface area (Å²) in [6.45, 7) is 0.401. The van der Waals surface area contributed by atoms with Gasteiger partial charge in [0.15, 0.2) is 0 Å². The van der Waals surface area contributed by atoms with Gasteiger partial charge in [-0.3, -0.25) is 10.1 Å². The molecule has 0 amide bonds. The lowest BCUT2D eigenvalue weighted by Crippen LogP contribution is -2.02. The number of benzene rings is 1. The molecule has 1 N–H and O–H groups in total. The second-order valence-electron chi connectivity index (χ2n) is 3.50. The van der Waals surface area contributed by atoms with Crippen LogP contribution in [0.25, 0.3) is 0 Å². The first-order valence-corrected chi connectivity index (χ1v) is 5.47. The number of rotatable bonds is 4. The van der Waals surface area contributed by atoms with Gasteiger partial charge in [-0.1, -0.05) is 23.7 Å². The zero-order valence-electron chi connectivity index (χ0n) is 9.21. The van der Waals surface area contributed by atoms with Crippen LogP contribution in [0.3, 0.4) is 0 Å². The summed E-state index contributed by atoms with van der Waals surface area (Å²) in [5, 5.41) is 14.0. The number of nitrogens with zero attached hydrogens (tertiary/aromatic N) is 3. The summed E-state index contributed by atoms with van der Waals surface area (Å²) in [5.74, 6) is 0.498. The molecule has 7 heteroatoms. The van der Waals surface area contributed by atoms with Crippen LogP contribution < -0.4 is 5.32 Å². The SMILES string of the molecule is O=[N+]([O-])c1cccc(CNc2ncncc2Cl)c1. The number of aromatic nitrogens is 2. The summed E-state index contributed by atoms with van der Waals surface area (Å²) in [5.41, 5.74) is 0.835. The molecule has 2 aromatic rings. The first-order valence-electron chi connectivity index (χ1n) is 5.09. The monoisotopic (exact) mass is 264 g/mol. The highest BCUT2D eigenvalue weighted by atomic mass is 35.5. The van der Waals surface area contributed by atoms with Crippen molar-refractivity contribution in [1.29, 1.82) is 0 Å². The lowest BCUT2D eigenvalue weighted by Gasteiger charge is -2.06. The molecule has 0 unspecified atom stereocenters. The van der Waals surface area contributed by atoms with Gasteiger partial charge in [-0.2, -0.15) is 0 Å². The van der Waals surface area contributed by atoms with Crippen LogP contribution in [0.4, 0.5) is 11.5 Å². The van der Waals surface area contributed by atoms with E-state index in [-0.39, 0.29) is 5.69 Å². The topological polar surface area (TPSA) is 81.0 Å². The maximum absolute atomic E-state index is 10.6. The standard InChI is InChI=1S/C11H9ClN4O2/c12-10-6-13-7-15-11(10)14-5-8-2-1-3-9(4-8)16(17)18/h1-4,6-7H,5H2,(H,13,14,15). The van der Waals surface area contributed by atoms with Gasteiger partial charge in [0.25, 0.3) is 5.69 Å². The maximum Gasteiger partial charge on any atom is 0.269 e. The van der Waals surface area contributed by atoms with Gasteiger partial charge in [-0.05, 0) is 5.56 Å². The quantitative estimate of drug-likeness (QED) is 0.678. The fraction of sp³-hybridized carbons (Fsp3) is 0.0909. The average molecular weight is 265 g/mol. The van der Waals surface area contributed by atoms with Crippen LogP contribution in [-0.4, -0.2) is 14.9 Å². The number of nitro benzene ring substituents is 1. The smallest absolute Gasteiger partial charge is 0.269 e. The molecule has 18 heavy (non-hydrogen) atoms. The van der Waals surface area contributed by atoms with Crippen molar-refractivity contribution in [3.05, 3.63) is 57.5 Å². The molecule has 0 atom stereocenters. The Morgan fingerprint density at radius 1 is 1.44 bits per heavy atom. The molecule has 1 aromatic carbocycles. The predicted molar refractivity (Wildman–Crippen MR) is 67.5 cm³/mol. The molecule has 0 aliphatic rings. The molecule has 0 fully saturated rings. The van der Waals surface area contributed by atoms with Crippen LogP contribution in [-0.2, 0) is 6.54 Å². The minimum absolute atomic E-state index is 0.0584. The van der Waals surface area contributed by atoms with Crippen molar-refractivity contribution in [3.63, 3.8) is 0 Å². The van der Waals surface area contributed by atoms with E-state index in [4.69, 9.17) is 11.6 Å². The van der Waals surface area contributed by atoms with Gasteiger partial charge in [0, 0.05) is 18.7 Å². The molecular formula is C11H9ClN4O2. The minimum atomic E-state index is -0.429. The van der Waals surface area contributed by atoms with Crippen molar-refractivity contribution < 1.29 is 4.92 Å². The third-order valence-electron chi connectivity index (χ3n) is 2.25. The van der Waals surface area contributed by atoms with E-state index >= 15 is 0 Å². The van der Waals surface area contributed by atoms with Crippen molar-refractivity contribution in [1.82, 2.24) is 9.97 Å². The third kappa shape index (κ3) is 2.92. The lowest BCUT2D eigenvalue weighted by molar-refractivity contribution is -0.384. The van der Waals surface area contributed by atoms with E-state index in [0.29, 0.717) is 17.4 Å². The van der Waals surface area contributed by atoms with E-state index in [0.717, 1.165) is 5.56 Å². The number of nitrogens with one attached hydrogen (secondary N) is 1. The molecule has 2 rings (SSSR count). The molecule has 1 heterocycles. The van der Waals surface area contributed by atoms with Gasteiger partial charge in [-0.25, -0.2) is 9.97 Å². The van der Waals surface area contributed by atoms with Gasteiger partial charge in [0.2, 0.25) is 0 Å². The third-order valence-corrected chi connectivity index (χ3v) is 2.53. The summed E-state index contributed by atoms with van der Waals surface area (Å²) in [4.78, 5) is 17.9. The largest absolute Gasteiger partial charge is 0.365 e. The van der Waals surface area contributed by atoms with Crippen LogP contribution in [0.1, 0.15) is 5.56 Å². The molecule has 0 spiro atoms. The highest BCUT2D eigenvalue weighted by molar-refractivity contribution is 6.32. The number of hydrogen-bond acceptors (Lipinski definition) is 5. The van der Waals surface area contributed by atoms with Gasteiger partial charge < -0.3 is 5.32 Å². The average Bonchev–Trinajstić information content (AvgIpc) is 2.38. The number of halogens is 1. The van der Waals surface area contributed by atoms with Gasteiger partial charge in [0.05, 0.1) is 11.1 Å². The first kappa shape index (κ1) is 12.3. The van der Waals surface area contributed by atoms with Crippen molar-refractivity contribution in [2.45, 2.75) is 6.54 Å². The minimum Gasteiger partial charge on any atom is -0.365 e. The Bertz CT molecular complexity index is 576. The van der Waals surface area contributed by atoms with Crippen LogP contribution in [0.2, 0.25) is 5.02 Å². The van der Waals surface area contributed by atoms with Gasteiger partial charge in [-0.15, -0.1) is 0 Å². The first-order chi connectivity index (χ1) is 8.66. The predicted octanol–water partition coefficient (Wildman–Crippen LogP) is 2.65. The Hall–Kier alpha value is -2.21. The van der Waals surface area contributed by atoms with E-state index in [1.54, 1.807) is 12.1 Å². The fourth-order valence-corrected chi connectivity index (χ4v) is 1.58. The number of non-ortho nitro benzene ring substituents is 1. The molecule has 92 valence electrons. The molecule has 0 aliphatic heterocycles. The van der Waals surface area contributed by atoms with Crippen molar-refractivity contribution >= 4 is 23.1 Å². The normalized spacial score (nSPS) is 10.1. The molecule has 0 radical (unpaired) electrons. The van der Waals surface area contributed by atoms with E-state index in [1.165, 1.54) is 24.7 Å².